The number of benzene rings is 8. The van der Waals surface area contributed by atoms with E-state index in [-0.39, 0.29) is 6.04 Å². The Labute approximate surface area is 314 Å². The molecule has 0 aliphatic carbocycles. The summed E-state index contributed by atoms with van der Waals surface area (Å²) in [6.07, 6.45) is 5.96. The van der Waals surface area contributed by atoms with Gasteiger partial charge in [-0.3, -0.25) is 4.98 Å². The van der Waals surface area contributed by atoms with Crippen LogP contribution in [0.15, 0.2) is 205 Å². The van der Waals surface area contributed by atoms with E-state index in [2.05, 4.69) is 192 Å². The quantitative estimate of drug-likeness (QED) is 0.176. The van der Waals surface area contributed by atoms with E-state index in [1.165, 1.54) is 60.1 Å². The van der Waals surface area contributed by atoms with Gasteiger partial charge in [0.2, 0.25) is 0 Å². The highest BCUT2D eigenvalue weighted by atomic mass is 15.0. The number of hydrogen-bond acceptors (Lipinski definition) is 3. The molecule has 3 heteroatoms. The van der Waals surface area contributed by atoms with Crippen LogP contribution in [0.5, 0.6) is 0 Å². The predicted molar refractivity (Wildman–Crippen MR) is 226 cm³/mol. The first-order valence-electron chi connectivity index (χ1n) is 18.4. The molecular weight excluding hydrogens is 655 g/mol. The first kappa shape index (κ1) is 31.6. The number of nitrogens with zero attached hydrogens (tertiary/aromatic N) is 2. The Kier molecular flexibility index (Phi) is 7.88. The molecule has 0 amide bonds. The van der Waals surface area contributed by atoms with Crippen molar-refractivity contribution in [1.82, 2.24) is 10.3 Å². The molecule has 10 rings (SSSR count). The van der Waals surface area contributed by atoms with Crippen molar-refractivity contribution in [3.05, 3.63) is 217 Å². The number of pyridine rings is 1. The topological polar surface area (TPSA) is 37.3 Å². The zero-order chi connectivity index (χ0) is 35.8. The SMILES string of the molecule is C1=C(c2ccc3ccccc3c2)N=C(c2ccc(-c3c4ccccc4c(-c4ccccc4)c4ccccc34)cc2)NC1c1ccc(-c2cccnc2)cc1. The Balaban J connectivity index is 1.07. The van der Waals surface area contributed by atoms with Crippen molar-refractivity contribution < 1.29 is 0 Å². The van der Waals surface area contributed by atoms with Crippen LogP contribution in [0.2, 0.25) is 0 Å². The van der Waals surface area contributed by atoms with Crippen molar-refractivity contribution >= 4 is 43.9 Å². The summed E-state index contributed by atoms with van der Waals surface area (Å²) in [5, 5.41) is 11.2. The highest BCUT2D eigenvalue weighted by Crippen LogP contribution is 2.43. The van der Waals surface area contributed by atoms with Crippen LogP contribution in [0.1, 0.15) is 22.7 Å². The fourth-order valence-corrected chi connectivity index (χ4v) is 7.94. The summed E-state index contributed by atoms with van der Waals surface area (Å²) in [5.74, 6) is 0.850. The third kappa shape index (κ3) is 5.73. The van der Waals surface area contributed by atoms with Gasteiger partial charge >= 0.3 is 0 Å². The van der Waals surface area contributed by atoms with Gasteiger partial charge in [0.05, 0.1) is 11.7 Å². The Morgan fingerprint density at radius 3 is 1.59 bits per heavy atom. The number of hydrogen-bond donors (Lipinski definition) is 1. The molecule has 0 fully saturated rings. The molecule has 0 saturated heterocycles. The summed E-state index contributed by atoms with van der Waals surface area (Å²) < 4.78 is 0. The van der Waals surface area contributed by atoms with Crippen LogP contribution in [0, 0.1) is 0 Å². The Bertz CT molecular complexity index is 2820. The Morgan fingerprint density at radius 2 is 0.944 bits per heavy atom. The summed E-state index contributed by atoms with van der Waals surface area (Å²) >= 11 is 0. The summed E-state index contributed by atoms with van der Waals surface area (Å²) in [7, 11) is 0. The summed E-state index contributed by atoms with van der Waals surface area (Å²) in [4.78, 5) is 9.59. The van der Waals surface area contributed by atoms with Crippen LogP contribution in [-0.4, -0.2) is 10.8 Å². The maximum absolute atomic E-state index is 5.28. The van der Waals surface area contributed by atoms with Crippen molar-refractivity contribution in [3.63, 3.8) is 0 Å². The fraction of sp³-hybridized carbons (Fsp3) is 0.0196. The van der Waals surface area contributed by atoms with E-state index in [0.717, 1.165) is 33.8 Å². The molecule has 8 aromatic carbocycles. The lowest BCUT2D eigenvalue weighted by molar-refractivity contribution is 0.781. The minimum atomic E-state index is -0.0694. The highest BCUT2D eigenvalue weighted by molar-refractivity contribution is 6.21. The molecule has 2 heterocycles. The number of fused-ring (bicyclic) bond motifs is 3. The lowest BCUT2D eigenvalue weighted by Gasteiger charge is -2.25. The average Bonchev–Trinajstić information content (AvgIpc) is 3.26. The van der Waals surface area contributed by atoms with Gasteiger partial charge in [0, 0.05) is 23.5 Å². The molecule has 0 saturated carbocycles. The van der Waals surface area contributed by atoms with Crippen molar-refractivity contribution in [2.45, 2.75) is 6.04 Å². The van der Waals surface area contributed by atoms with Gasteiger partial charge in [-0.15, -0.1) is 0 Å². The summed E-state index contributed by atoms with van der Waals surface area (Å²) in [5.41, 5.74) is 11.4. The van der Waals surface area contributed by atoms with Crippen molar-refractivity contribution in [2.24, 2.45) is 4.99 Å². The van der Waals surface area contributed by atoms with Crippen molar-refractivity contribution in [1.29, 1.82) is 0 Å². The third-order valence-corrected chi connectivity index (χ3v) is 10.6. The molecule has 54 heavy (non-hydrogen) atoms. The van der Waals surface area contributed by atoms with Gasteiger partial charge < -0.3 is 5.32 Å². The second kappa shape index (κ2) is 13.5. The van der Waals surface area contributed by atoms with E-state index in [9.17, 15) is 0 Å². The third-order valence-electron chi connectivity index (χ3n) is 10.6. The largest absolute Gasteiger partial charge is 0.359 e. The number of amidine groups is 1. The van der Waals surface area contributed by atoms with Crippen LogP contribution in [0.25, 0.3) is 71.4 Å². The lowest BCUT2D eigenvalue weighted by Crippen LogP contribution is -2.31. The molecule has 1 atom stereocenters. The van der Waals surface area contributed by atoms with Crippen LogP contribution in [-0.2, 0) is 0 Å². The van der Waals surface area contributed by atoms with Gasteiger partial charge in [-0.05, 0) is 89.5 Å². The lowest BCUT2D eigenvalue weighted by atomic mass is 9.86. The van der Waals surface area contributed by atoms with Gasteiger partial charge in [0.15, 0.2) is 0 Å². The van der Waals surface area contributed by atoms with Crippen molar-refractivity contribution in [2.75, 3.05) is 0 Å². The monoisotopic (exact) mass is 689 g/mol. The first-order valence-corrected chi connectivity index (χ1v) is 18.4. The maximum atomic E-state index is 5.28. The Morgan fingerprint density at radius 1 is 0.407 bits per heavy atom. The molecule has 1 N–H and O–H groups in total. The number of aliphatic imine (C=N–C) groups is 1. The second-order valence-electron chi connectivity index (χ2n) is 13.8. The predicted octanol–water partition coefficient (Wildman–Crippen LogP) is 12.7. The molecule has 1 aliphatic heterocycles. The fourth-order valence-electron chi connectivity index (χ4n) is 7.94. The van der Waals surface area contributed by atoms with E-state index in [0.29, 0.717) is 0 Å². The van der Waals surface area contributed by atoms with Gasteiger partial charge in [0.25, 0.3) is 0 Å². The normalized spacial score (nSPS) is 14.1. The molecule has 254 valence electrons. The molecule has 3 nitrogen and oxygen atoms in total. The molecular formula is C51H35N3. The average molecular weight is 690 g/mol. The molecule has 1 unspecified atom stereocenters. The molecule has 1 aromatic heterocycles. The zero-order valence-electron chi connectivity index (χ0n) is 29.5. The van der Waals surface area contributed by atoms with E-state index < -0.39 is 0 Å². The molecule has 1 aliphatic rings. The van der Waals surface area contributed by atoms with E-state index >= 15 is 0 Å². The van der Waals surface area contributed by atoms with Gasteiger partial charge in [-0.2, -0.15) is 0 Å². The van der Waals surface area contributed by atoms with Crippen molar-refractivity contribution in [3.8, 4) is 33.4 Å². The summed E-state index contributed by atoms with van der Waals surface area (Å²) in [6.45, 7) is 0. The molecule has 0 radical (unpaired) electrons. The molecule has 9 aromatic rings. The Hall–Kier alpha value is -7.10. The smallest absolute Gasteiger partial charge is 0.134 e. The van der Waals surface area contributed by atoms with Gasteiger partial charge in [-0.1, -0.05) is 170 Å². The van der Waals surface area contributed by atoms with E-state index in [1.807, 2.05) is 18.5 Å². The maximum Gasteiger partial charge on any atom is 0.134 e. The second-order valence-corrected chi connectivity index (χ2v) is 13.8. The number of rotatable bonds is 6. The van der Waals surface area contributed by atoms with Crippen LogP contribution >= 0.6 is 0 Å². The zero-order valence-corrected chi connectivity index (χ0v) is 29.5. The van der Waals surface area contributed by atoms with E-state index in [4.69, 9.17) is 4.99 Å². The first-order chi connectivity index (χ1) is 26.8. The number of nitrogens with one attached hydrogen (secondary N) is 1. The van der Waals surface area contributed by atoms with Crippen LogP contribution in [0.4, 0.5) is 0 Å². The minimum Gasteiger partial charge on any atom is -0.359 e. The van der Waals surface area contributed by atoms with Gasteiger partial charge in [0.1, 0.15) is 5.84 Å². The standard InChI is InChI=1S/C51H35N3/c1-2-12-37(13-3-1)49-43-16-6-8-18-45(43)50(46-19-9-7-17-44(46)49)38-25-27-39(28-26-38)51-53-47(36-23-20-35(21-24-36)42-15-10-30-52-33-42)32-48(54-51)41-29-22-34-11-4-5-14-40(34)31-41/h1-33,47H,(H,53,54). The summed E-state index contributed by atoms with van der Waals surface area (Å²) in [6, 6.07) is 65.2. The number of aromatic nitrogens is 1. The van der Waals surface area contributed by atoms with Crippen LogP contribution < -0.4 is 5.32 Å². The highest BCUT2D eigenvalue weighted by Gasteiger charge is 2.21. The van der Waals surface area contributed by atoms with E-state index in [1.54, 1.807) is 0 Å². The minimum absolute atomic E-state index is 0.0694. The molecule has 0 spiro atoms. The molecule has 0 bridgehead atoms. The van der Waals surface area contributed by atoms with Gasteiger partial charge in [-0.25, -0.2) is 4.99 Å². The van der Waals surface area contributed by atoms with Crippen LogP contribution in [0.3, 0.4) is 0 Å².